The molecule has 2 fully saturated rings. The zero-order valence-electron chi connectivity index (χ0n) is 35.2. The number of carbonyl (C=O) groups excluding carboxylic acids is 7. The van der Waals surface area contributed by atoms with Crippen molar-refractivity contribution >= 4 is 41.6 Å². The molecular formula is C44H55N3O13. The third-order valence-corrected chi connectivity index (χ3v) is 11.6. The van der Waals surface area contributed by atoms with E-state index in [-0.39, 0.29) is 56.3 Å². The smallest absolute Gasteiger partial charge is 0.411 e. The highest BCUT2D eigenvalue weighted by molar-refractivity contribution is 6.04. The van der Waals surface area contributed by atoms with E-state index >= 15 is 0 Å². The molecule has 4 aliphatic rings. The van der Waals surface area contributed by atoms with Gasteiger partial charge in [-0.3, -0.25) is 19.3 Å². The fourth-order valence-electron chi connectivity index (χ4n) is 8.44. The van der Waals surface area contributed by atoms with Crippen LogP contribution in [0.2, 0.25) is 0 Å². The Morgan fingerprint density at radius 3 is 2.38 bits per heavy atom. The summed E-state index contributed by atoms with van der Waals surface area (Å²) in [6, 6.07) is 5.57. The molecule has 0 aromatic heterocycles. The van der Waals surface area contributed by atoms with E-state index < -0.39 is 72.3 Å². The minimum Gasteiger partial charge on any atom is -0.488 e. The van der Waals surface area contributed by atoms with E-state index in [9.17, 15) is 38.7 Å². The summed E-state index contributed by atoms with van der Waals surface area (Å²) >= 11 is 0. The van der Waals surface area contributed by atoms with Gasteiger partial charge in [0.05, 0.1) is 7.11 Å². The average molecular weight is 834 g/mol. The van der Waals surface area contributed by atoms with Crippen LogP contribution >= 0.6 is 0 Å². The zero-order chi connectivity index (χ0) is 43.6. The largest absolute Gasteiger partial charge is 0.488 e. The van der Waals surface area contributed by atoms with Crippen LogP contribution in [0.4, 0.5) is 9.59 Å². The third-order valence-electron chi connectivity index (χ3n) is 11.6. The van der Waals surface area contributed by atoms with Crippen molar-refractivity contribution < 1.29 is 62.4 Å². The molecule has 2 unspecified atom stereocenters. The first-order valence-electron chi connectivity index (χ1n) is 20.5. The van der Waals surface area contributed by atoms with Gasteiger partial charge in [0, 0.05) is 35.9 Å². The number of ether oxygens (including phenoxy) is 5. The number of methoxy groups -OCH3 is 1. The summed E-state index contributed by atoms with van der Waals surface area (Å²) in [5.41, 5.74) is 2.92. The number of fused-ring (bicyclic) bond motifs is 4. The van der Waals surface area contributed by atoms with Crippen LogP contribution in [0, 0.1) is 11.8 Å². The molecule has 1 aliphatic carbocycles. The van der Waals surface area contributed by atoms with Gasteiger partial charge in [-0.25, -0.2) is 19.2 Å². The number of hydrogen-bond acceptors (Lipinski definition) is 13. The van der Waals surface area contributed by atoms with Gasteiger partial charge in [0.25, 0.3) is 0 Å². The molecule has 2 aromatic rings. The van der Waals surface area contributed by atoms with Crippen LogP contribution in [0.3, 0.4) is 0 Å². The number of aliphatic hydroxyl groups excluding tert-OH is 1. The maximum atomic E-state index is 13.8. The minimum atomic E-state index is -1.06. The molecule has 324 valence electrons. The van der Waals surface area contributed by atoms with Crippen molar-refractivity contribution in [3.05, 3.63) is 52.6 Å². The van der Waals surface area contributed by atoms with Crippen LogP contribution in [0.25, 0.3) is 11.1 Å². The number of hydrogen-bond donors (Lipinski definition) is 2. The molecule has 60 heavy (non-hydrogen) atoms. The van der Waals surface area contributed by atoms with Gasteiger partial charge in [0.2, 0.25) is 11.7 Å². The highest BCUT2D eigenvalue weighted by atomic mass is 16.6. The second-order valence-corrected chi connectivity index (χ2v) is 17.3. The highest BCUT2D eigenvalue weighted by Gasteiger charge is 2.45. The lowest BCUT2D eigenvalue weighted by atomic mass is 9.84. The number of aryl methyl sites for hydroxylation is 1. The van der Waals surface area contributed by atoms with Crippen LogP contribution in [0.5, 0.6) is 5.75 Å². The number of nitrogens with one attached hydrogen (secondary N) is 1. The Hall–Kier alpha value is -5.51. The SMILES string of the molecule is COC(=O)N[C@H](C(=O)N1C(C(=O)OC2CCc3cc4c(cc3C2=O)OCc2cc(C(=O)COC(=O)[C@@H]3C[C@H](CCO)CN3C(=O)OC(C)(C)C)ccc2-4)CC[C@@H]1C)C(C)C. The maximum Gasteiger partial charge on any atom is 0.411 e. The molecule has 3 aliphatic heterocycles. The number of rotatable bonds is 11. The molecule has 6 rings (SSSR count). The van der Waals surface area contributed by atoms with Crippen molar-refractivity contribution in [2.24, 2.45) is 11.8 Å². The van der Waals surface area contributed by atoms with Gasteiger partial charge in [-0.15, -0.1) is 0 Å². The number of nitrogens with zero attached hydrogens (tertiary/aromatic N) is 2. The topological polar surface area (TPSA) is 204 Å². The van der Waals surface area contributed by atoms with Crippen LogP contribution in [-0.2, 0) is 46.4 Å². The molecule has 2 N–H and O–H groups in total. The van der Waals surface area contributed by atoms with Gasteiger partial charge < -0.3 is 39.0 Å². The van der Waals surface area contributed by atoms with Gasteiger partial charge in [-0.1, -0.05) is 26.0 Å². The van der Waals surface area contributed by atoms with Crippen molar-refractivity contribution in [1.82, 2.24) is 15.1 Å². The van der Waals surface area contributed by atoms with E-state index in [2.05, 4.69) is 5.32 Å². The van der Waals surface area contributed by atoms with E-state index in [0.717, 1.165) is 22.3 Å². The van der Waals surface area contributed by atoms with Gasteiger partial charge in [-0.2, -0.15) is 0 Å². The summed E-state index contributed by atoms with van der Waals surface area (Å²) in [4.78, 5) is 95.2. The fourth-order valence-corrected chi connectivity index (χ4v) is 8.44. The van der Waals surface area contributed by atoms with Crippen molar-refractivity contribution in [3.8, 4) is 16.9 Å². The standard InChI is InChI=1S/C44H55N3O13/c1-23(2)37(45-42(54)56-7)39(51)47-24(3)8-12-32(47)41(53)59-35-13-10-26-18-31-29-11-9-27(17-28(29)21-57-36(31)19-30(26)38(35)50)34(49)22-58-40(52)33-16-25(14-15-48)20-46(33)43(55)60-44(4,5)6/h9,11,17-19,23-25,32-33,35,37,48H,8,10,12-16,20-22H2,1-7H3,(H,45,54)/t24-,25-,32?,33-,35?,37-/m0/s1. The fraction of sp³-hybridized carbons (Fsp3) is 0.568. The minimum absolute atomic E-state index is 0.0946. The molecule has 16 heteroatoms. The van der Waals surface area contributed by atoms with E-state index in [1.165, 1.54) is 16.9 Å². The molecular weight excluding hydrogens is 778 g/mol. The lowest BCUT2D eigenvalue weighted by molar-refractivity contribution is -0.158. The highest BCUT2D eigenvalue weighted by Crippen LogP contribution is 2.42. The number of carbonyl (C=O) groups is 7. The predicted molar refractivity (Wildman–Crippen MR) is 214 cm³/mol. The summed E-state index contributed by atoms with van der Waals surface area (Å²) < 4.78 is 27.5. The van der Waals surface area contributed by atoms with Crippen LogP contribution < -0.4 is 10.1 Å². The third kappa shape index (κ3) is 9.43. The number of benzene rings is 2. The monoisotopic (exact) mass is 833 g/mol. The first-order valence-corrected chi connectivity index (χ1v) is 20.5. The molecule has 2 aromatic carbocycles. The molecule has 0 bridgehead atoms. The number of alkyl carbamates (subject to hydrolysis) is 1. The Balaban J connectivity index is 1.10. The Kier molecular flexibility index (Phi) is 13.2. The molecule has 0 radical (unpaired) electrons. The van der Waals surface area contributed by atoms with Crippen LogP contribution in [0.15, 0.2) is 30.3 Å². The molecule has 0 saturated carbocycles. The van der Waals surface area contributed by atoms with Gasteiger partial charge >= 0.3 is 24.1 Å². The molecule has 0 spiro atoms. The number of likely N-dealkylation sites (tertiary alicyclic amines) is 2. The number of esters is 2. The molecule has 2 saturated heterocycles. The predicted octanol–water partition coefficient (Wildman–Crippen LogP) is 4.78. The average Bonchev–Trinajstić information content (AvgIpc) is 3.82. The Morgan fingerprint density at radius 1 is 0.950 bits per heavy atom. The number of amides is 3. The molecule has 3 amide bonds. The van der Waals surface area contributed by atoms with Crippen molar-refractivity contribution in [2.75, 3.05) is 26.9 Å². The van der Waals surface area contributed by atoms with E-state index in [1.807, 2.05) is 13.0 Å². The van der Waals surface area contributed by atoms with Gasteiger partial charge in [-0.05, 0) is 113 Å². The summed E-state index contributed by atoms with van der Waals surface area (Å²) in [6.07, 6.45) is -0.219. The van der Waals surface area contributed by atoms with Crippen molar-refractivity contribution in [3.63, 3.8) is 0 Å². The number of Topliss-reactive ketones (excluding diaryl/α,β-unsaturated/α-hetero) is 2. The van der Waals surface area contributed by atoms with E-state index in [4.69, 9.17) is 23.7 Å². The molecule has 6 atom stereocenters. The normalized spacial score (nSPS) is 22.5. The second kappa shape index (κ2) is 18.0. The van der Waals surface area contributed by atoms with E-state index in [0.29, 0.717) is 42.6 Å². The number of ketones is 2. The lowest BCUT2D eigenvalue weighted by Crippen LogP contribution is -2.56. The van der Waals surface area contributed by atoms with Gasteiger partial charge in [0.1, 0.15) is 36.1 Å². The quantitative estimate of drug-likeness (QED) is 0.178. The first kappa shape index (κ1) is 44.1. The summed E-state index contributed by atoms with van der Waals surface area (Å²) in [5.74, 6) is -2.59. The zero-order valence-corrected chi connectivity index (χ0v) is 35.2. The molecule has 16 nitrogen and oxygen atoms in total. The van der Waals surface area contributed by atoms with E-state index in [1.54, 1.807) is 58.9 Å². The van der Waals surface area contributed by atoms with Crippen LogP contribution in [0.1, 0.15) is 105 Å². The Morgan fingerprint density at radius 2 is 1.70 bits per heavy atom. The van der Waals surface area contributed by atoms with Crippen molar-refractivity contribution in [1.29, 1.82) is 0 Å². The summed E-state index contributed by atoms with van der Waals surface area (Å²) in [7, 11) is 1.21. The Labute approximate surface area is 349 Å². The van der Waals surface area contributed by atoms with Crippen LogP contribution in [-0.4, -0.2) is 119 Å². The summed E-state index contributed by atoms with van der Waals surface area (Å²) in [6.45, 7) is 10.3. The number of aliphatic hydroxyl groups is 1. The van der Waals surface area contributed by atoms with Gasteiger partial charge in [0.15, 0.2) is 18.5 Å². The molecule has 3 heterocycles. The maximum absolute atomic E-state index is 13.8. The second-order valence-electron chi connectivity index (χ2n) is 17.3. The Bertz CT molecular complexity index is 2040. The summed E-state index contributed by atoms with van der Waals surface area (Å²) in [5, 5.41) is 12.0. The first-order chi connectivity index (χ1) is 28.4. The lowest BCUT2D eigenvalue weighted by Gasteiger charge is -2.33. The van der Waals surface area contributed by atoms with Crippen molar-refractivity contribution in [2.45, 2.75) is 123 Å².